The summed E-state index contributed by atoms with van der Waals surface area (Å²) in [5, 5.41) is 7.34. The van der Waals surface area contributed by atoms with Crippen molar-refractivity contribution in [2.45, 2.75) is 38.3 Å². The van der Waals surface area contributed by atoms with Gasteiger partial charge >= 0.3 is 0 Å². The van der Waals surface area contributed by atoms with Crippen LogP contribution in [0, 0.1) is 0 Å². The van der Waals surface area contributed by atoms with Crippen molar-refractivity contribution in [2.24, 2.45) is 7.05 Å². The minimum atomic E-state index is -0.0442. The molecule has 27 heavy (non-hydrogen) atoms. The molecule has 1 saturated heterocycles. The van der Waals surface area contributed by atoms with Crippen LogP contribution in [0.3, 0.4) is 0 Å². The topological polar surface area (TPSA) is 54.6 Å². The van der Waals surface area contributed by atoms with Crippen molar-refractivity contribution in [1.29, 1.82) is 0 Å². The monoisotopic (exact) mass is 365 g/mol. The predicted octanol–water partition coefficient (Wildman–Crippen LogP) is 2.85. The molecular weight excluding hydrogens is 338 g/mol. The Balaban J connectivity index is 1.34. The molecular formula is C21H27N5O. The molecule has 1 fully saturated rings. The van der Waals surface area contributed by atoms with Gasteiger partial charge in [0.05, 0.1) is 6.20 Å². The van der Waals surface area contributed by atoms with Crippen molar-refractivity contribution < 1.29 is 4.79 Å². The molecule has 0 aliphatic carbocycles. The van der Waals surface area contributed by atoms with E-state index < -0.39 is 0 Å². The maximum atomic E-state index is 12.6. The summed E-state index contributed by atoms with van der Waals surface area (Å²) in [6, 6.07) is 11.2. The highest BCUT2D eigenvalue weighted by Gasteiger charge is 2.23. The van der Waals surface area contributed by atoms with E-state index in [-0.39, 0.29) is 5.91 Å². The van der Waals surface area contributed by atoms with Gasteiger partial charge in [0.15, 0.2) is 0 Å². The van der Waals surface area contributed by atoms with E-state index in [4.69, 9.17) is 0 Å². The molecule has 1 aliphatic heterocycles. The first kappa shape index (κ1) is 17.8. The average Bonchev–Trinajstić information content (AvgIpc) is 3.27. The fraction of sp³-hybridized carbons (Fsp3) is 0.429. The molecule has 0 bridgehead atoms. The van der Waals surface area contributed by atoms with Crippen LogP contribution in [0.5, 0.6) is 0 Å². The SMILES string of the molecule is Cn1ccn2ncc(C(=O)NCCC3CCCCN3Cc3ccccc3)c12. The van der Waals surface area contributed by atoms with Gasteiger partial charge in [0.1, 0.15) is 11.2 Å². The Morgan fingerprint density at radius 2 is 2.07 bits per heavy atom. The van der Waals surface area contributed by atoms with Crippen molar-refractivity contribution in [3.8, 4) is 0 Å². The Morgan fingerprint density at radius 1 is 1.22 bits per heavy atom. The Kier molecular flexibility index (Phi) is 5.25. The lowest BCUT2D eigenvalue weighted by Crippen LogP contribution is -2.41. The van der Waals surface area contributed by atoms with Gasteiger partial charge in [0.2, 0.25) is 0 Å². The highest BCUT2D eigenvalue weighted by atomic mass is 16.1. The van der Waals surface area contributed by atoms with Gasteiger partial charge in [-0.3, -0.25) is 9.69 Å². The van der Waals surface area contributed by atoms with Crippen molar-refractivity contribution in [3.05, 3.63) is 60.0 Å². The zero-order valence-electron chi connectivity index (χ0n) is 15.8. The molecule has 3 heterocycles. The average molecular weight is 365 g/mol. The van der Waals surface area contributed by atoms with Crippen LogP contribution in [0.2, 0.25) is 0 Å². The van der Waals surface area contributed by atoms with Crippen molar-refractivity contribution in [3.63, 3.8) is 0 Å². The molecule has 1 unspecified atom stereocenters. The number of aromatic nitrogens is 3. The van der Waals surface area contributed by atoms with Gasteiger partial charge in [-0.05, 0) is 31.4 Å². The van der Waals surface area contributed by atoms with E-state index in [1.165, 1.54) is 24.8 Å². The molecule has 2 aromatic heterocycles. The van der Waals surface area contributed by atoms with Crippen molar-refractivity contribution in [2.75, 3.05) is 13.1 Å². The van der Waals surface area contributed by atoms with Crippen LogP contribution in [0.15, 0.2) is 48.9 Å². The number of carbonyl (C=O) groups is 1. The molecule has 1 atom stereocenters. The smallest absolute Gasteiger partial charge is 0.256 e. The van der Waals surface area contributed by atoms with E-state index in [9.17, 15) is 4.79 Å². The van der Waals surface area contributed by atoms with Gasteiger partial charge in [0, 0.05) is 38.6 Å². The lowest BCUT2D eigenvalue weighted by Gasteiger charge is -2.36. The predicted molar refractivity (Wildman–Crippen MR) is 106 cm³/mol. The van der Waals surface area contributed by atoms with E-state index in [0.717, 1.165) is 25.2 Å². The third kappa shape index (κ3) is 3.90. The minimum absolute atomic E-state index is 0.0442. The summed E-state index contributed by atoms with van der Waals surface area (Å²) in [6.07, 6.45) is 10.1. The second kappa shape index (κ2) is 7.96. The number of benzene rings is 1. The Bertz CT molecular complexity index is 898. The van der Waals surface area contributed by atoms with E-state index in [2.05, 4.69) is 45.6 Å². The first-order valence-corrected chi connectivity index (χ1v) is 9.77. The van der Waals surface area contributed by atoms with Crippen LogP contribution in [0.4, 0.5) is 0 Å². The van der Waals surface area contributed by atoms with Gasteiger partial charge in [-0.25, -0.2) is 4.52 Å². The number of likely N-dealkylation sites (tertiary alicyclic amines) is 1. The number of hydrogen-bond acceptors (Lipinski definition) is 3. The third-order valence-corrected chi connectivity index (χ3v) is 5.52. The van der Waals surface area contributed by atoms with Gasteiger partial charge < -0.3 is 9.88 Å². The Labute approximate surface area is 159 Å². The van der Waals surface area contributed by atoms with Crippen molar-refractivity contribution in [1.82, 2.24) is 24.4 Å². The van der Waals surface area contributed by atoms with Crippen LogP contribution in [0.25, 0.3) is 5.65 Å². The molecule has 1 aliphatic rings. The first-order valence-electron chi connectivity index (χ1n) is 9.77. The van der Waals surface area contributed by atoms with Gasteiger partial charge in [0.25, 0.3) is 5.91 Å². The van der Waals surface area contributed by atoms with E-state index in [1.807, 2.05) is 24.0 Å². The molecule has 1 N–H and O–H groups in total. The number of rotatable bonds is 6. The number of fused-ring (bicyclic) bond motifs is 1. The van der Waals surface area contributed by atoms with Crippen LogP contribution < -0.4 is 5.32 Å². The van der Waals surface area contributed by atoms with Crippen LogP contribution in [-0.2, 0) is 13.6 Å². The maximum Gasteiger partial charge on any atom is 0.256 e. The van der Waals surface area contributed by atoms with E-state index in [0.29, 0.717) is 18.2 Å². The summed E-state index contributed by atoms with van der Waals surface area (Å²) in [5.41, 5.74) is 2.82. The molecule has 0 spiro atoms. The number of carbonyl (C=O) groups excluding carboxylic acids is 1. The number of imidazole rings is 1. The quantitative estimate of drug-likeness (QED) is 0.731. The largest absolute Gasteiger partial charge is 0.352 e. The standard InChI is InChI=1S/C21H27N5O/c1-24-13-14-26-21(24)19(15-23-26)20(27)22-11-10-18-9-5-6-12-25(18)16-17-7-3-2-4-8-17/h2-4,7-8,13-15,18H,5-6,9-12,16H2,1H3,(H,22,27). The molecule has 6 nitrogen and oxygen atoms in total. The highest BCUT2D eigenvalue weighted by Crippen LogP contribution is 2.21. The molecule has 3 aromatic rings. The first-order chi connectivity index (χ1) is 13.2. The molecule has 1 aromatic carbocycles. The number of hydrogen-bond donors (Lipinski definition) is 1. The van der Waals surface area contributed by atoms with Crippen LogP contribution >= 0.6 is 0 Å². The second-order valence-corrected chi connectivity index (χ2v) is 7.39. The van der Waals surface area contributed by atoms with E-state index in [1.54, 1.807) is 10.7 Å². The summed E-state index contributed by atoms with van der Waals surface area (Å²) in [6.45, 7) is 2.82. The fourth-order valence-corrected chi connectivity index (χ4v) is 4.07. The van der Waals surface area contributed by atoms with Gasteiger partial charge in [-0.15, -0.1) is 0 Å². The molecule has 0 saturated carbocycles. The van der Waals surface area contributed by atoms with Gasteiger partial charge in [-0.1, -0.05) is 36.8 Å². The molecule has 4 rings (SSSR count). The molecule has 1 amide bonds. The summed E-state index contributed by atoms with van der Waals surface area (Å²) in [7, 11) is 1.93. The number of amides is 1. The molecule has 0 radical (unpaired) electrons. The maximum absolute atomic E-state index is 12.6. The van der Waals surface area contributed by atoms with E-state index >= 15 is 0 Å². The lowest BCUT2D eigenvalue weighted by molar-refractivity contribution is 0.0938. The molecule has 142 valence electrons. The zero-order chi connectivity index (χ0) is 18.6. The second-order valence-electron chi connectivity index (χ2n) is 7.39. The summed E-state index contributed by atoms with van der Waals surface area (Å²) in [5.74, 6) is -0.0442. The number of piperidine rings is 1. The minimum Gasteiger partial charge on any atom is -0.352 e. The number of nitrogens with one attached hydrogen (secondary N) is 1. The van der Waals surface area contributed by atoms with Crippen LogP contribution in [0.1, 0.15) is 41.6 Å². The number of aryl methyl sites for hydroxylation is 1. The molecule has 6 heteroatoms. The zero-order valence-corrected chi connectivity index (χ0v) is 15.8. The normalized spacial score (nSPS) is 18.0. The number of nitrogens with zero attached hydrogens (tertiary/aromatic N) is 4. The fourth-order valence-electron chi connectivity index (χ4n) is 4.07. The lowest BCUT2D eigenvalue weighted by atomic mass is 9.98. The summed E-state index contributed by atoms with van der Waals surface area (Å²) >= 11 is 0. The Morgan fingerprint density at radius 3 is 2.93 bits per heavy atom. The highest BCUT2D eigenvalue weighted by molar-refractivity contribution is 5.99. The Hall–Kier alpha value is -2.60. The summed E-state index contributed by atoms with van der Waals surface area (Å²) < 4.78 is 3.66. The van der Waals surface area contributed by atoms with Gasteiger partial charge in [-0.2, -0.15) is 5.10 Å². The van der Waals surface area contributed by atoms with Crippen molar-refractivity contribution >= 4 is 11.6 Å². The third-order valence-electron chi connectivity index (χ3n) is 5.52. The van der Waals surface area contributed by atoms with Crippen LogP contribution in [-0.4, -0.2) is 44.1 Å². The summed E-state index contributed by atoms with van der Waals surface area (Å²) in [4.78, 5) is 15.2.